The van der Waals surface area contributed by atoms with Gasteiger partial charge in [0.15, 0.2) is 11.5 Å². The van der Waals surface area contributed by atoms with Crippen LogP contribution in [0.15, 0.2) is 24.3 Å². The fourth-order valence-corrected chi connectivity index (χ4v) is 2.43. The summed E-state index contributed by atoms with van der Waals surface area (Å²) in [6, 6.07) is 6.26. The van der Waals surface area contributed by atoms with Gasteiger partial charge >= 0.3 is 12.3 Å². The van der Waals surface area contributed by atoms with Crippen LogP contribution in [0.4, 0.5) is 9.59 Å². The lowest BCUT2D eigenvalue weighted by Gasteiger charge is -2.15. The van der Waals surface area contributed by atoms with E-state index in [1.807, 2.05) is 13.8 Å². The van der Waals surface area contributed by atoms with Crippen molar-refractivity contribution in [1.82, 2.24) is 0 Å². The second-order valence-electron chi connectivity index (χ2n) is 5.50. The molecule has 27 heavy (non-hydrogen) atoms. The Kier molecular flexibility index (Phi) is 7.55. The van der Waals surface area contributed by atoms with Crippen LogP contribution in [0.2, 0.25) is 5.02 Å². The van der Waals surface area contributed by atoms with Crippen molar-refractivity contribution in [2.75, 3.05) is 20.3 Å². The molecule has 0 saturated carbocycles. The second kappa shape index (κ2) is 9.87. The molecule has 146 valence electrons. The monoisotopic (exact) mass is 396 g/mol. The van der Waals surface area contributed by atoms with Gasteiger partial charge in [0, 0.05) is 21.9 Å². The lowest BCUT2D eigenvalue weighted by atomic mass is 10.1. The normalized spacial score (nSPS) is 10.4. The maximum Gasteiger partial charge on any atom is 0.513 e. The lowest BCUT2D eigenvalue weighted by molar-refractivity contribution is 0.0967. The highest BCUT2D eigenvalue weighted by molar-refractivity contribution is 6.31. The molecule has 0 aromatic heterocycles. The first-order valence-corrected chi connectivity index (χ1v) is 8.87. The van der Waals surface area contributed by atoms with Crippen molar-refractivity contribution in [2.45, 2.75) is 26.7 Å². The highest BCUT2D eigenvalue weighted by Gasteiger charge is 2.21. The third-order valence-electron chi connectivity index (χ3n) is 3.42. The van der Waals surface area contributed by atoms with Crippen LogP contribution in [0.3, 0.4) is 0 Å². The summed E-state index contributed by atoms with van der Waals surface area (Å²) >= 11 is 6.08. The van der Waals surface area contributed by atoms with Crippen molar-refractivity contribution in [2.24, 2.45) is 0 Å². The van der Waals surface area contributed by atoms with Crippen LogP contribution in [-0.2, 0) is 9.47 Å². The van der Waals surface area contributed by atoms with Gasteiger partial charge in [0.05, 0.1) is 20.3 Å². The zero-order chi connectivity index (χ0) is 19.8. The zero-order valence-corrected chi connectivity index (χ0v) is 16.1. The quantitative estimate of drug-likeness (QED) is 0.460. The minimum absolute atomic E-state index is 0.138. The topological polar surface area (TPSA) is 80.3 Å². The molecular weight excluding hydrogens is 376 g/mol. The number of carbonyl (C=O) groups is 2. The predicted octanol–water partition coefficient (Wildman–Crippen LogP) is 5.35. The first-order chi connectivity index (χ1) is 13.0. The highest BCUT2D eigenvalue weighted by atomic mass is 35.5. The third kappa shape index (κ3) is 5.40. The maximum absolute atomic E-state index is 11.9. The minimum atomic E-state index is -0.859. The summed E-state index contributed by atoms with van der Waals surface area (Å²) < 4.78 is 25.8. The molecular formula is C19H21ClO7. The summed E-state index contributed by atoms with van der Waals surface area (Å²) in [6.07, 6.45) is -0.383. The third-order valence-corrected chi connectivity index (χ3v) is 3.66. The summed E-state index contributed by atoms with van der Waals surface area (Å²) in [6.45, 7) is 4.21. The molecule has 2 rings (SSSR count). The van der Waals surface area contributed by atoms with E-state index in [0.717, 1.165) is 0 Å². The van der Waals surface area contributed by atoms with Gasteiger partial charge in [0.25, 0.3) is 0 Å². The minimum Gasteiger partial charge on any atom is -0.493 e. The van der Waals surface area contributed by atoms with Gasteiger partial charge in [-0.15, -0.1) is 0 Å². The molecule has 8 heteroatoms. The molecule has 0 bridgehead atoms. The first kappa shape index (κ1) is 20.6. The summed E-state index contributed by atoms with van der Waals surface area (Å²) in [5.74, 6) is 0.496. The van der Waals surface area contributed by atoms with Gasteiger partial charge < -0.3 is 23.7 Å². The van der Waals surface area contributed by atoms with Gasteiger partial charge in [-0.05, 0) is 31.0 Å². The number of ether oxygens (including phenoxy) is 5. The molecule has 0 fully saturated rings. The number of methoxy groups -OCH3 is 1. The molecule has 0 unspecified atom stereocenters. The number of fused-ring (bicyclic) bond motifs is 1. The van der Waals surface area contributed by atoms with E-state index in [9.17, 15) is 9.59 Å². The van der Waals surface area contributed by atoms with Crippen molar-refractivity contribution in [1.29, 1.82) is 0 Å². The van der Waals surface area contributed by atoms with Crippen molar-refractivity contribution in [3.05, 3.63) is 29.3 Å². The van der Waals surface area contributed by atoms with Crippen LogP contribution in [-0.4, -0.2) is 32.6 Å². The maximum atomic E-state index is 11.9. The standard InChI is InChI=1S/C19H21ClO7/c1-4-8-24-18(21)26-15-11-16(23-3)17(27-19(22)25-9-5-2)13-7-6-12(20)10-14(13)15/h6-7,10-11H,4-5,8-9H2,1-3H3. The van der Waals surface area contributed by atoms with Crippen LogP contribution in [0, 0.1) is 0 Å². The Morgan fingerprint density at radius 1 is 0.889 bits per heavy atom. The molecule has 0 saturated heterocycles. The van der Waals surface area contributed by atoms with E-state index in [-0.39, 0.29) is 30.5 Å². The molecule has 0 atom stereocenters. The average Bonchev–Trinajstić information content (AvgIpc) is 2.66. The van der Waals surface area contributed by atoms with Gasteiger partial charge in [-0.3, -0.25) is 0 Å². The number of hydrogen-bond donors (Lipinski definition) is 0. The predicted molar refractivity (Wildman–Crippen MR) is 100 cm³/mol. The second-order valence-corrected chi connectivity index (χ2v) is 5.93. The highest BCUT2D eigenvalue weighted by Crippen LogP contribution is 2.42. The number of carbonyl (C=O) groups excluding carboxylic acids is 2. The van der Waals surface area contributed by atoms with Crippen molar-refractivity contribution >= 4 is 34.7 Å². The molecule has 7 nitrogen and oxygen atoms in total. The number of rotatable bonds is 7. The van der Waals surface area contributed by atoms with Crippen LogP contribution in [0.5, 0.6) is 17.2 Å². The average molecular weight is 397 g/mol. The molecule has 0 N–H and O–H groups in total. The SMILES string of the molecule is CCCOC(=O)Oc1cc(OC)c(OC(=O)OCCC)c2ccc(Cl)cc12. The smallest absolute Gasteiger partial charge is 0.493 e. The molecule has 0 aliphatic heterocycles. The molecule has 0 heterocycles. The fraction of sp³-hybridized carbons (Fsp3) is 0.368. The Bertz CT molecular complexity index is 819. The largest absolute Gasteiger partial charge is 0.513 e. The van der Waals surface area contributed by atoms with E-state index < -0.39 is 12.3 Å². The van der Waals surface area contributed by atoms with E-state index in [1.54, 1.807) is 18.2 Å². The zero-order valence-electron chi connectivity index (χ0n) is 15.4. The van der Waals surface area contributed by atoms with Crippen molar-refractivity contribution in [3.63, 3.8) is 0 Å². The summed E-state index contributed by atoms with van der Waals surface area (Å²) in [5.41, 5.74) is 0. The fourth-order valence-electron chi connectivity index (χ4n) is 2.26. The van der Waals surface area contributed by atoms with Gasteiger partial charge in [0.2, 0.25) is 0 Å². The van der Waals surface area contributed by atoms with Gasteiger partial charge in [-0.2, -0.15) is 0 Å². The van der Waals surface area contributed by atoms with E-state index in [4.69, 9.17) is 35.3 Å². The molecule has 2 aromatic rings. The summed E-state index contributed by atoms with van der Waals surface area (Å²) in [5, 5.41) is 1.33. The Morgan fingerprint density at radius 2 is 1.52 bits per heavy atom. The van der Waals surface area contributed by atoms with Crippen LogP contribution >= 0.6 is 11.6 Å². The Morgan fingerprint density at radius 3 is 2.11 bits per heavy atom. The van der Waals surface area contributed by atoms with Crippen LogP contribution < -0.4 is 14.2 Å². The Hall–Kier alpha value is -2.67. The van der Waals surface area contributed by atoms with Gasteiger partial charge in [0.1, 0.15) is 5.75 Å². The number of benzene rings is 2. The molecule has 2 aromatic carbocycles. The lowest BCUT2D eigenvalue weighted by Crippen LogP contribution is -2.13. The Balaban J connectivity index is 2.46. The van der Waals surface area contributed by atoms with Gasteiger partial charge in [-0.1, -0.05) is 25.4 Å². The van der Waals surface area contributed by atoms with Crippen molar-refractivity contribution in [3.8, 4) is 17.2 Å². The molecule has 0 spiro atoms. The van der Waals surface area contributed by atoms with Crippen molar-refractivity contribution < 1.29 is 33.3 Å². The van der Waals surface area contributed by atoms with Crippen LogP contribution in [0.25, 0.3) is 10.8 Å². The van der Waals surface area contributed by atoms with E-state index in [2.05, 4.69) is 0 Å². The molecule has 0 amide bonds. The number of hydrogen-bond acceptors (Lipinski definition) is 7. The first-order valence-electron chi connectivity index (χ1n) is 8.49. The van der Waals surface area contributed by atoms with Gasteiger partial charge in [-0.25, -0.2) is 9.59 Å². The summed E-state index contributed by atoms with van der Waals surface area (Å²) in [4.78, 5) is 23.8. The van der Waals surface area contributed by atoms with E-state index in [0.29, 0.717) is 28.6 Å². The van der Waals surface area contributed by atoms with E-state index in [1.165, 1.54) is 13.2 Å². The summed E-state index contributed by atoms with van der Waals surface area (Å²) in [7, 11) is 1.40. The van der Waals surface area contributed by atoms with E-state index >= 15 is 0 Å². The molecule has 0 radical (unpaired) electrons. The number of halogens is 1. The molecule has 0 aliphatic carbocycles. The Labute approximate surface area is 162 Å². The van der Waals surface area contributed by atoms with Crippen LogP contribution in [0.1, 0.15) is 26.7 Å². The molecule has 0 aliphatic rings.